The summed E-state index contributed by atoms with van der Waals surface area (Å²) in [4.78, 5) is 17.6. The standard InChI is InChI=1S/C12H17FN4O2/c1-19-8-3-2-6-17(7-8)12(18)9-4-5-15-11(16-14)10(9)13/h4-5,8H,2-3,6-7,14H2,1H3,(H,15,16). The number of methoxy groups -OCH3 is 1. The predicted octanol–water partition coefficient (Wildman–Crippen LogP) is 0.757. The maximum absolute atomic E-state index is 14.0. The zero-order chi connectivity index (χ0) is 13.8. The second kappa shape index (κ2) is 5.94. The van der Waals surface area contributed by atoms with Crippen molar-refractivity contribution in [1.29, 1.82) is 0 Å². The summed E-state index contributed by atoms with van der Waals surface area (Å²) in [5, 5.41) is 0. The summed E-state index contributed by atoms with van der Waals surface area (Å²) in [6.07, 6.45) is 3.12. The number of nitrogens with zero attached hydrogens (tertiary/aromatic N) is 2. The van der Waals surface area contributed by atoms with Gasteiger partial charge in [-0.05, 0) is 18.9 Å². The van der Waals surface area contributed by atoms with Crippen LogP contribution in [0.4, 0.5) is 10.2 Å². The first kappa shape index (κ1) is 13.7. The normalized spacial score (nSPS) is 19.3. The van der Waals surface area contributed by atoms with Gasteiger partial charge in [-0.2, -0.15) is 0 Å². The Morgan fingerprint density at radius 1 is 1.68 bits per heavy atom. The van der Waals surface area contributed by atoms with Crippen molar-refractivity contribution in [3.63, 3.8) is 0 Å². The van der Waals surface area contributed by atoms with Gasteiger partial charge in [0.15, 0.2) is 11.6 Å². The number of nitrogens with two attached hydrogens (primary N) is 1. The molecule has 1 amide bonds. The Balaban J connectivity index is 2.19. The number of rotatable bonds is 3. The number of hydrazine groups is 1. The third-order valence-electron chi connectivity index (χ3n) is 3.26. The average molecular weight is 268 g/mol. The zero-order valence-electron chi connectivity index (χ0n) is 10.7. The number of hydrogen-bond donors (Lipinski definition) is 2. The maximum atomic E-state index is 14.0. The van der Waals surface area contributed by atoms with E-state index < -0.39 is 5.82 Å². The summed E-state index contributed by atoms with van der Waals surface area (Å²) < 4.78 is 19.2. The fraction of sp³-hybridized carbons (Fsp3) is 0.500. The van der Waals surface area contributed by atoms with Crippen molar-refractivity contribution >= 4 is 11.7 Å². The van der Waals surface area contributed by atoms with Crippen LogP contribution in [0.2, 0.25) is 0 Å². The summed E-state index contributed by atoms with van der Waals surface area (Å²) in [5.41, 5.74) is 2.10. The molecule has 0 radical (unpaired) electrons. The van der Waals surface area contributed by atoms with E-state index >= 15 is 0 Å². The highest BCUT2D eigenvalue weighted by atomic mass is 19.1. The minimum atomic E-state index is -0.727. The number of amides is 1. The molecule has 1 atom stereocenters. The molecule has 0 spiro atoms. The summed E-state index contributed by atoms with van der Waals surface area (Å²) >= 11 is 0. The predicted molar refractivity (Wildman–Crippen MR) is 67.9 cm³/mol. The molecule has 0 aromatic carbocycles. The van der Waals surface area contributed by atoms with Gasteiger partial charge >= 0.3 is 0 Å². The van der Waals surface area contributed by atoms with Crippen molar-refractivity contribution < 1.29 is 13.9 Å². The van der Waals surface area contributed by atoms with Crippen LogP contribution in [-0.4, -0.2) is 42.1 Å². The van der Waals surface area contributed by atoms with Crippen LogP contribution in [0.15, 0.2) is 12.3 Å². The van der Waals surface area contributed by atoms with Crippen LogP contribution in [-0.2, 0) is 4.74 Å². The van der Waals surface area contributed by atoms with E-state index in [0.717, 1.165) is 12.8 Å². The number of carbonyl (C=O) groups excluding carboxylic acids is 1. The fourth-order valence-corrected chi connectivity index (χ4v) is 2.19. The molecule has 1 aliphatic rings. The van der Waals surface area contributed by atoms with Gasteiger partial charge in [-0.15, -0.1) is 0 Å². The largest absolute Gasteiger partial charge is 0.380 e. The monoisotopic (exact) mass is 268 g/mol. The molecule has 1 unspecified atom stereocenters. The van der Waals surface area contributed by atoms with Crippen LogP contribution in [0.3, 0.4) is 0 Å². The molecule has 6 nitrogen and oxygen atoms in total. The van der Waals surface area contributed by atoms with Crippen molar-refractivity contribution in [3.05, 3.63) is 23.6 Å². The van der Waals surface area contributed by atoms with Gasteiger partial charge in [0.25, 0.3) is 5.91 Å². The number of likely N-dealkylation sites (tertiary alicyclic amines) is 1. The summed E-state index contributed by atoms with van der Waals surface area (Å²) in [7, 11) is 1.61. The Morgan fingerprint density at radius 3 is 3.16 bits per heavy atom. The number of anilines is 1. The first-order valence-corrected chi connectivity index (χ1v) is 6.10. The number of halogens is 1. The van der Waals surface area contributed by atoms with Crippen LogP contribution in [0, 0.1) is 5.82 Å². The van der Waals surface area contributed by atoms with Crippen LogP contribution in [0.5, 0.6) is 0 Å². The van der Waals surface area contributed by atoms with Crippen LogP contribution < -0.4 is 11.3 Å². The smallest absolute Gasteiger partial charge is 0.257 e. The third kappa shape index (κ3) is 2.82. The molecule has 0 aliphatic carbocycles. The van der Waals surface area contributed by atoms with Gasteiger partial charge in [0.05, 0.1) is 11.7 Å². The van der Waals surface area contributed by atoms with Crippen LogP contribution in [0.25, 0.3) is 0 Å². The minimum absolute atomic E-state index is 0.00898. The Labute approximate surface area is 110 Å². The van der Waals surface area contributed by atoms with E-state index in [2.05, 4.69) is 10.4 Å². The lowest BCUT2D eigenvalue weighted by atomic mass is 10.1. The quantitative estimate of drug-likeness (QED) is 0.625. The van der Waals surface area contributed by atoms with E-state index in [4.69, 9.17) is 10.6 Å². The Bertz CT molecular complexity index is 469. The van der Waals surface area contributed by atoms with Gasteiger partial charge in [0.1, 0.15) is 0 Å². The highest BCUT2D eigenvalue weighted by Crippen LogP contribution is 2.19. The molecule has 1 fully saturated rings. The van der Waals surface area contributed by atoms with Crippen molar-refractivity contribution in [2.24, 2.45) is 5.84 Å². The Hall–Kier alpha value is -1.73. The van der Waals surface area contributed by atoms with E-state index in [1.807, 2.05) is 0 Å². The lowest BCUT2D eigenvalue weighted by molar-refractivity contribution is 0.0266. The first-order chi connectivity index (χ1) is 9.17. The number of aromatic nitrogens is 1. The number of pyridine rings is 1. The number of carbonyl (C=O) groups is 1. The highest BCUT2D eigenvalue weighted by Gasteiger charge is 2.26. The molecule has 7 heteroatoms. The Kier molecular flexibility index (Phi) is 4.28. The molecule has 1 aliphatic heterocycles. The summed E-state index contributed by atoms with van der Waals surface area (Å²) in [5.74, 6) is 3.92. The van der Waals surface area contributed by atoms with Gasteiger partial charge in [-0.3, -0.25) is 4.79 Å². The van der Waals surface area contributed by atoms with Crippen LogP contribution >= 0.6 is 0 Å². The van der Waals surface area contributed by atoms with Crippen LogP contribution in [0.1, 0.15) is 23.2 Å². The second-order valence-electron chi connectivity index (χ2n) is 4.42. The maximum Gasteiger partial charge on any atom is 0.257 e. The second-order valence-corrected chi connectivity index (χ2v) is 4.42. The molecule has 3 N–H and O–H groups in total. The average Bonchev–Trinajstić information content (AvgIpc) is 2.47. The van der Waals surface area contributed by atoms with E-state index in [9.17, 15) is 9.18 Å². The molecule has 2 heterocycles. The van der Waals surface area contributed by atoms with Gasteiger partial charge in [-0.1, -0.05) is 0 Å². The zero-order valence-corrected chi connectivity index (χ0v) is 10.7. The summed E-state index contributed by atoms with van der Waals surface area (Å²) in [6, 6.07) is 1.36. The van der Waals surface area contributed by atoms with Crippen molar-refractivity contribution in [2.45, 2.75) is 18.9 Å². The SMILES string of the molecule is COC1CCCN(C(=O)c2ccnc(NN)c2F)C1. The Morgan fingerprint density at radius 2 is 2.47 bits per heavy atom. The van der Waals surface area contributed by atoms with Gasteiger partial charge in [-0.25, -0.2) is 15.2 Å². The highest BCUT2D eigenvalue weighted by molar-refractivity contribution is 5.95. The van der Waals surface area contributed by atoms with Crippen molar-refractivity contribution in [2.75, 3.05) is 25.6 Å². The third-order valence-corrected chi connectivity index (χ3v) is 3.26. The van der Waals surface area contributed by atoms with E-state index in [1.54, 1.807) is 12.0 Å². The lowest BCUT2D eigenvalue weighted by Crippen LogP contribution is -2.43. The molecule has 0 bridgehead atoms. The van der Waals surface area contributed by atoms with Crippen molar-refractivity contribution in [3.8, 4) is 0 Å². The molecule has 104 valence electrons. The van der Waals surface area contributed by atoms with E-state index in [-0.39, 0.29) is 23.4 Å². The van der Waals surface area contributed by atoms with Crippen molar-refractivity contribution in [1.82, 2.24) is 9.88 Å². The molecule has 1 aromatic heterocycles. The first-order valence-electron chi connectivity index (χ1n) is 6.10. The molecule has 1 aromatic rings. The fourth-order valence-electron chi connectivity index (χ4n) is 2.19. The molecule has 2 rings (SSSR count). The molecule has 19 heavy (non-hydrogen) atoms. The lowest BCUT2D eigenvalue weighted by Gasteiger charge is -2.32. The number of piperidine rings is 1. The topological polar surface area (TPSA) is 80.5 Å². The van der Waals surface area contributed by atoms with Gasteiger partial charge < -0.3 is 15.1 Å². The number of ether oxygens (including phenoxy) is 1. The van der Waals surface area contributed by atoms with Gasteiger partial charge in [0, 0.05) is 26.4 Å². The number of nitrogens with one attached hydrogen (secondary N) is 1. The summed E-state index contributed by atoms with van der Waals surface area (Å²) in [6.45, 7) is 1.08. The molecular formula is C12H17FN4O2. The molecule has 0 saturated carbocycles. The van der Waals surface area contributed by atoms with E-state index in [1.165, 1.54) is 12.3 Å². The number of nitrogen functional groups attached to an aromatic ring is 1. The number of hydrogen-bond acceptors (Lipinski definition) is 5. The molecule has 1 saturated heterocycles. The minimum Gasteiger partial charge on any atom is -0.380 e. The van der Waals surface area contributed by atoms with E-state index in [0.29, 0.717) is 13.1 Å². The van der Waals surface area contributed by atoms with Gasteiger partial charge in [0.2, 0.25) is 0 Å². The molecular weight excluding hydrogens is 251 g/mol.